The summed E-state index contributed by atoms with van der Waals surface area (Å²) in [5.74, 6) is 4.77. The van der Waals surface area contributed by atoms with E-state index in [0.29, 0.717) is 0 Å². The highest BCUT2D eigenvalue weighted by molar-refractivity contribution is 5.57. The lowest BCUT2D eigenvalue weighted by molar-refractivity contribution is 0.529. The van der Waals surface area contributed by atoms with Crippen LogP contribution in [-0.4, -0.2) is 12.3 Å². The van der Waals surface area contributed by atoms with Gasteiger partial charge in [0.05, 0.1) is 6.04 Å². The smallest absolute Gasteiger partial charge is 0.217 e. The van der Waals surface area contributed by atoms with Gasteiger partial charge in [0.1, 0.15) is 0 Å². The molecule has 0 aliphatic heterocycles. The number of hydrazine groups is 1. The summed E-state index contributed by atoms with van der Waals surface area (Å²) in [7, 11) is 0. The molecule has 1 atom stereocenters. The van der Waals surface area contributed by atoms with Crippen LogP contribution < -0.4 is 11.3 Å². The van der Waals surface area contributed by atoms with Gasteiger partial charge in [-0.1, -0.05) is 0 Å². The molecule has 0 aromatic rings. The van der Waals surface area contributed by atoms with Crippen molar-refractivity contribution in [1.82, 2.24) is 5.43 Å². The Labute approximate surface area is 36.5 Å². The second-order valence-electron chi connectivity index (χ2n) is 1.01. The van der Waals surface area contributed by atoms with Crippen LogP contribution in [0.3, 0.4) is 0 Å². The Balaban J connectivity index is 2.96. The molecule has 3 nitrogen and oxygen atoms in total. The van der Waals surface area contributed by atoms with Crippen LogP contribution in [0.25, 0.3) is 0 Å². The molecule has 0 fully saturated rings. The topological polar surface area (TPSA) is 55.1 Å². The minimum Gasteiger partial charge on any atom is -0.289 e. The molecule has 3 heteroatoms. The lowest BCUT2D eigenvalue weighted by Crippen LogP contribution is -2.33. The molecule has 0 aliphatic carbocycles. The van der Waals surface area contributed by atoms with Crippen LogP contribution in [-0.2, 0) is 4.79 Å². The predicted octanol–water partition coefficient (Wildman–Crippen LogP) is -1.05. The molecular weight excluding hydrogens is 80.0 g/mol. The Morgan fingerprint density at radius 2 is 2.50 bits per heavy atom. The Morgan fingerprint density at radius 3 is 2.50 bits per heavy atom. The molecule has 0 saturated heterocycles. The zero-order chi connectivity index (χ0) is 4.99. The van der Waals surface area contributed by atoms with E-state index in [1.807, 2.05) is 0 Å². The summed E-state index contributed by atoms with van der Waals surface area (Å²) in [6.45, 7) is 1.62. The van der Waals surface area contributed by atoms with E-state index in [2.05, 4.69) is 5.43 Å². The van der Waals surface area contributed by atoms with Crippen LogP contribution in [0, 0.1) is 0 Å². The van der Waals surface area contributed by atoms with E-state index in [1.54, 1.807) is 13.2 Å². The predicted molar refractivity (Wildman–Crippen MR) is 22.5 cm³/mol. The van der Waals surface area contributed by atoms with Crippen LogP contribution in [0.15, 0.2) is 0 Å². The van der Waals surface area contributed by atoms with E-state index in [-0.39, 0.29) is 6.04 Å². The molecule has 0 saturated carbocycles. The van der Waals surface area contributed by atoms with Crippen LogP contribution in [0.5, 0.6) is 0 Å². The van der Waals surface area contributed by atoms with Crippen LogP contribution in [0.1, 0.15) is 6.92 Å². The SMILES string of the molecule is CC([C]=O)NN. The molecule has 0 aromatic carbocycles. The van der Waals surface area contributed by atoms with Crippen molar-refractivity contribution in [2.24, 2.45) is 5.84 Å². The summed E-state index contributed by atoms with van der Waals surface area (Å²) >= 11 is 0. The first-order valence-corrected chi connectivity index (χ1v) is 1.65. The Bertz CT molecular complexity index is 46.1. The van der Waals surface area contributed by atoms with Gasteiger partial charge in [-0.15, -0.1) is 0 Å². The second kappa shape index (κ2) is 2.81. The molecule has 6 heavy (non-hydrogen) atoms. The molecule has 0 heterocycles. The highest BCUT2D eigenvalue weighted by Gasteiger charge is 1.89. The highest BCUT2D eigenvalue weighted by Crippen LogP contribution is 1.62. The monoisotopic (exact) mass is 87.1 g/mol. The van der Waals surface area contributed by atoms with Gasteiger partial charge in [0.15, 0.2) is 0 Å². The van der Waals surface area contributed by atoms with Gasteiger partial charge >= 0.3 is 0 Å². The molecule has 0 rings (SSSR count). The van der Waals surface area contributed by atoms with E-state index in [9.17, 15) is 4.79 Å². The third-order valence-electron chi connectivity index (χ3n) is 0.427. The minimum atomic E-state index is -0.343. The van der Waals surface area contributed by atoms with Gasteiger partial charge in [0.25, 0.3) is 0 Å². The molecule has 0 aliphatic rings. The first-order chi connectivity index (χ1) is 2.81. The Morgan fingerprint density at radius 1 is 2.00 bits per heavy atom. The number of rotatable bonds is 2. The maximum absolute atomic E-state index is 9.47. The van der Waals surface area contributed by atoms with Gasteiger partial charge in [-0.2, -0.15) is 0 Å². The fourth-order valence-electron chi connectivity index (χ4n) is 0.0340. The molecule has 3 N–H and O–H groups in total. The Kier molecular flexibility index (Phi) is 2.62. The van der Waals surface area contributed by atoms with Gasteiger partial charge in [0, 0.05) is 0 Å². The fourth-order valence-corrected chi connectivity index (χ4v) is 0.0340. The lowest BCUT2D eigenvalue weighted by Gasteiger charge is -1.92. The van der Waals surface area contributed by atoms with Crippen molar-refractivity contribution < 1.29 is 4.79 Å². The van der Waals surface area contributed by atoms with Gasteiger partial charge < -0.3 is 0 Å². The standard InChI is InChI=1S/C3H7N2O/c1-3(2-6)5-4/h3,5H,4H2,1H3. The number of hydrogen-bond acceptors (Lipinski definition) is 3. The van der Waals surface area contributed by atoms with Crippen molar-refractivity contribution >= 4 is 6.29 Å². The van der Waals surface area contributed by atoms with Gasteiger partial charge in [0.2, 0.25) is 6.29 Å². The van der Waals surface area contributed by atoms with Crippen molar-refractivity contribution in [3.05, 3.63) is 0 Å². The number of hydrogen-bond donors (Lipinski definition) is 2. The van der Waals surface area contributed by atoms with Gasteiger partial charge in [-0.25, -0.2) is 5.43 Å². The van der Waals surface area contributed by atoms with E-state index < -0.39 is 0 Å². The molecule has 0 amide bonds. The summed E-state index contributed by atoms with van der Waals surface area (Å²) < 4.78 is 0. The van der Waals surface area contributed by atoms with Crippen LogP contribution in [0.2, 0.25) is 0 Å². The highest BCUT2D eigenvalue weighted by atomic mass is 16.1. The minimum absolute atomic E-state index is 0.343. The van der Waals surface area contributed by atoms with Crippen molar-refractivity contribution in [2.45, 2.75) is 13.0 Å². The van der Waals surface area contributed by atoms with E-state index in [0.717, 1.165) is 0 Å². The van der Waals surface area contributed by atoms with Crippen molar-refractivity contribution in [3.8, 4) is 0 Å². The molecule has 35 valence electrons. The quantitative estimate of drug-likeness (QED) is 0.333. The molecular formula is C3H7N2O. The van der Waals surface area contributed by atoms with E-state index in [4.69, 9.17) is 5.84 Å². The van der Waals surface area contributed by atoms with Crippen LogP contribution in [0.4, 0.5) is 0 Å². The maximum atomic E-state index is 9.47. The van der Waals surface area contributed by atoms with Crippen molar-refractivity contribution in [1.29, 1.82) is 0 Å². The number of nitrogens with one attached hydrogen (secondary N) is 1. The third kappa shape index (κ3) is 1.87. The van der Waals surface area contributed by atoms with E-state index in [1.165, 1.54) is 0 Å². The second-order valence-corrected chi connectivity index (χ2v) is 1.01. The third-order valence-corrected chi connectivity index (χ3v) is 0.427. The largest absolute Gasteiger partial charge is 0.289 e. The molecule has 0 spiro atoms. The fraction of sp³-hybridized carbons (Fsp3) is 0.667. The average molecular weight is 87.1 g/mol. The summed E-state index contributed by atoms with van der Waals surface area (Å²) in [6.07, 6.45) is 1.63. The number of nitrogens with two attached hydrogens (primary N) is 1. The maximum Gasteiger partial charge on any atom is 0.217 e. The summed E-state index contributed by atoms with van der Waals surface area (Å²) in [4.78, 5) is 9.47. The molecule has 0 aromatic heterocycles. The first kappa shape index (κ1) is 5.59. The number of carbonyl (C=O) groups excluding carboxylic acids is 1. The molecule has 1 unspecified atom stereocenters. The molecule has 1 radical (unpaired) electrons. The molecule has 0 bridgehead atoms. The lowest BCUT2D eigenvalue weighted by atomic mass is 10.4. The summed E-state index contributed by atoms with van der Waals surface area (Å²) in [5, 5.41) is 0. The van der Waals surface area contributed by atoms with Crippen molar-refractivity contribution in [2.75, 3.05) is 0 Å². The zero-order valence-corrected chi connectivity index (χ0v) is 3.56. The first-order valence-electron chi connectivity index (χ1n) is 1.65. The van der Waals surface area contributed by atoms with E-state index >= 15 is 0 Å². The normalized spacial score (nSPS) is 13.7. The van der Waals surface area contributed by atoms with Gasteiger partial charge in [-0.05, 0) is 6.92 Å². The van der Waals surface area contributed by atoms with Crippen LogP contribution >= 0.6 is 0 Å². The van der Waals surface area contributed by atoms with Gasteiger partial charge in [-0.3, -0.25) is 10.6 Å². The zero-order valence-electron chi connectivity index (χ0n) is 3.56. The Hall–Kier alpha value is -0.410. The average Bonchev–Trinajstić information content (AvgIpc) is 1.65. The van der Waals surface area contributed by atoms with Crippen molar-refractivity contribution in [3.63, 3.8) is 0 Å². The summed E-state index contributed by atoms with van der Waals surface area (Å²) in [5.41, 5.74) is 2.19. The summed E-state index contributed by atoms with van der Waals surface area (Å²) in [6, 6.07) is -0.343.